The van der Waals surface area contributed by atoms with Gasteiger partial charge in [0.2, 0.25) is 0 Å². The van der Waals surface area contributed by atoms with Gasteiger partial charge in [-0.3, -0.25) is 9.78 Å². The molecule has 2 atom stereocenters. The fourth-order valence-corrected chi connectivity index (χ4v) is 4.10. The molecule has 2 bridgehead atoms. The molecular weight excluding hydrogens is 352 g/mol. The molecular formula is C22H20N4O2. The zero-order valence-electron chi connectivity index (χ0n) is 15.5. The molecule has 0 radical (unpaired) electrons. The summed E-state index contributed by atoms with van der Waals surface area (Å²) < 4.78 is 7.85. The molecule has 6 heteroatoms. The Kier molecular flexibility index (Phi) is 4.06. The van der Waals surface area contributed by atoms with E-state index < -0.39 is 0 Å². The summed E-state index contributed by atoms with van der Waals surface area (Å²) in [6.07, 6.45) is 5.14. The fraction of sp³-hybridized carbons (Fsp3) is 0.227. The van der Waals surface area contributed by atoms with Crippen molar-refractivity contribution < 1.29 is 9.53 Å². The first-order chi connectivity index (χ1) is 13.7. The smallest absolute Gasteiger partial charge is 0.255 e. The first-order valence-electron chi connectivity index (χ1n) is 9.44. The maximum atomic E-state index is 13.1. The molecule has 1 fully saturated rings. The van der Waals surface area contributed by atoms with Gasteiger partial charge in [0.25, 0.3) is 5.91 Å². The SMILES string of the molecule is Cc1cc(NC(=O)C2=C(c3ccncc3)C3CCC2O3)nn1-c1ccccc1. The van der Waals surface area contributed by atoms with Crippen LogP contribution in [-0.4, -0.2) is 32.9 Å². The molecule has 28 heavy (non-hydrogen) atoms. The van der Waals surface area contributed by atoms with Gasteiger partial charge in [0.05, 0.1) is 23.5 Å². The summed E-state index contributed by atoms with van der Waals surface area (Å²) >= 11 is 0. The molecule has 5 rings (SSSR count). The van der Waals surface area contributed by atoms with Crippen molar-refractivity contribution >= 4 is 17.3 Å². The number of aromatic nitrogens is 3. The maximum Gasteiger partial charge on any atom is 0.255 e. The van der Waals surface area contributed by atoms with Crippen molar-refractivity contribution in [2.75, 3.05) is 5.32 Å². The molecule has 1 saturated heterocycles. The van der Waals surface area contributed by atoms with Gasteiger partial charge in [0.1, 0.15) is 0 Å². The predicted molar refractivity (Wildman–Crippen MR) is 106 cm³/mol. The van der Waals surface area contributed by atoms with Crippen LogP contribution in [-0.2, 0) is 9.53 Å². The summed E-state index contributed by atoms with van der Waals surface area (Å²) in [6, 6.07) is 15.6. The monoisotopic (exact) mass is 372 g/mol. The Morgan fingerprint density at radius 2 is 1.86 bits per heavy atom. The number of anilines is 1. The highest BCUT2D eigenvalue weighted by atomic mass is 16.5. The van der Waals surface area contributed by atoms with Crippen molar-refractivity contribution in [3.05, 3.63) is 77.8 Å². The van der Waals surface area contributed by atoms with Crippen LogP contribution in [0.5, 0.6) is 0 Å². The minimum absolute atomic E-state index is 0.0169. The Morgan fingerprint density at radius 3 is 2.64 bits per heavy atom. The van der Waals surface area contributed by atoms with E-state index in [1.54, 1.807) is 12.4 Å². The lowest BCUT2D eigenvalue weighted by Gasteiger charge is -2.16. The van der Waals surface area contributed by atoms with Gasteiger partial charge in [0.15, 0.2) is 5.82 Å². The Bertz CT molecular complexity index is 1060. The number of benzene rings is 1. The van der Waals surface area contributed by atoms with Crippen LogP contribution in [0.25, 0.3) is 11.3 Å². The zero-order chi connectivity index (χ0) is 19.1. The summed E-state index contributed by atoms with van der Waals surface area (Å²) in [5, 5.41) is 7.54. The first kappa shape index (κ1) is 16.9. The second kappa shape index (κ2) is 6.73. The lowest BCUT2D eigenvalue weighted by atomic mass is 9.87. The predicted octanol–water partition coefficient (Wildman–Crippen LogP) is 3.53. The molecule has 1 N–H and O–H groups in total. The van der Waals surface area contributed by atoms with E-state index in [2.05, 4.69) is 15.4 Å². The Balaban J connectivity index is 1.46. The molecule has 2 aliphatic heterocycles. The van der Waals surface area contributed by atoms with Crippen molar-refractivity contribution in [2.45, 2.75) is 32.0 Å². The third-order valence-electron chi connectivity index (χ3n) is 5.32. The topological polar surface area (TPSA) is 69.0 Å². The molecule has 2 aliphatic rings. The van der Waals surface area contributed by atoms with Gasteiger partial charge in [0, 0.05) is 24.2 Å². The van der Waals surface area contributed by atoms with Crippen molar-refractivity contribution in [2.24, 2.45) is 0 Å². The lowest BCUT2D eigenvalue weighted by molar-refractivity contribution is -0.113. The fourth-order valence-electron chi connectivity index (χ4n) is 4.10. The van der Waals surface area contributed by atoms with Crippen molar-refractivity contribution in [1.29, 1.82) is 0 Å². The van der Waals surface area contributed by atoms with Crippen LogP contribution in [0.2, 0.25) is 0 Å². The number of hydrogen-bond donors (Lipinski definition) is 1. The van der Waals surface area contributed by atoms with E-state index in [9.17, 15) is 4.79 Å². The summed E-state index contributed by atoms with van der Waals surface area (Å²) in [5.41, 5.74) is 4.61. The number of carbonyl (C=O) groups excluding carboxylic acids is 1. The van der Waals surface area contributed by atoms with Gasteiger partial charge in [-0.15, -0.1) is 5.10 Å². The van der Waals surface area contributed by atoms with Gasteiger partial charge >= 0.3 is 0 Å². The molecule has 4 heterocycles. The van der Waals surface area contributed by atoms with Crippen LogP contribution in [0.1, 0.15) is 24.1 Å². The largest absolute Gasteiger partial charge is 0.365 e. The molecule has 2 aromatic heterocycles. The van der Waals surface area contributed by atoms with Gasteiger partial charge in [-0.05, 0) is 55.2 Å². The van der Waals surface area contributed by atoms with Crippen LogP contribution < -0.4 is 5.32 Å². The second-order valence-electron chi connectivity index (χ2n) is 7.13. The highest BCUT2D eigenvalue weighted by Crippen LogP contribution is 2.44. The molecule has 1 amide bonds. The standard InChI is InChI=1S/C22H20N4O2/c1-14-13-19(25-26(14)16-5-3-2-4-6-16)24-22(27)21-18-8-7-17(28-18)20(21)15-9-11-23-12-10-15/h2-6,9-13,17-18H,7-8H2,1H3,(H,24,25,27). The second-order valence-corrected chi connectivity index (χ2v) is 7.13. The summed E-state index contributed by atoms with van der Waals surface area (Å²) in [5.74, 6) is 0.396. The number of nitrogens with one attached hydrogen (secondary N) is 1. The van der Waals surface area contributed by atoms with Crippen LogP contribution >= 0.6 is 0 Å². The Hall–Kier alpha value is -3.25. The summed E-state index contributed by atoms with van der Waals surface area (Å²) in [7, 11) is 0. The van der Waals surface area contributed by atoms with Gasteiger partial charge in [-0.1, -0.05) is 18.2 Å². The first-order valence-corrected chi connectivity index (χ1v) is 9.44. The number of aryl methyl sites for hydroxylation is 1. The summed E-state index contributed by atoms with van der Waals surface area (Å²) in [4.78, 5) is 17.2. The van der Waals surface area contributed by atoms with E-state index >= 15 is 0 Å². The molecule has 6 nitrogen and oxygen atoms in total. The maximum absolute atomic E-state index is 13.1. The number of hydrogen-bond acceptors (Lipinski definition) is 4. The van der Waals surface area contributed by atoms with Crippen LogP contribution in [0.15, 0.2) is 66.5 Å². The molecule has 2 unspecified atom stereocenters. The molecule has 0 aliphatic carbocycles. The number of ether oxygens (including phenoxy) is 1. The quantitative estimate of drug-likeness (QED) is 0.761. The number of carbonyl (C=O) groups is 1. The van der Waals surface area contributed by atoms with E-state index in [4.69, 9.17) is 4.74 Å². The molecule has 0 spiro atoms. The number of nitrogens with zero attached hydrogens (tertiary/aromatic N) is 3. The van der Waals surface area contributed by atoms with E-state index in [-0.39, 0.29) is 18.1 Å². The minimum Gasteiger partial charge on any atom is -0.365 e. The van der Waals surface area contributed by atoms with E-state index in [0.717, 1.165) is 40.9 Å². The van der Waals surface area contributed by atoms with Gasteiger partial charge < -0.3 is 10.1 Å². The third-order valence-corrected chi connectivity index (χ3v) is 5.32. The number of fused-ring (bicyclic) bond motifs is 2. The van der Waals surface area contributed by atoms with E-state index in [0.29, 0.717) is 5.82 Å². The molecule has 0 saturated carbocycles. The van der Waals surface area contributed by atoms with Crippen LogP contribution in [0.3, 0.4) is 0 Å². The lowest BCUT2D eigenvalue weighted by Crippen LogP contribution is -2.23. The Morgan fingerprint density at radius 1 is 1.11 bits per heavy atom. The van der Waals surface area contributed by atoms with Crippen molar-refractivity contribution in [3.8, 4) is 5.69 Å². The number of pyridine rings is 1. The van der Waals surface area contributed by atoms with Crippen LogP contribution in [0.4, 0.5) is 5.82 Å². The third kappa shape index (κ3) is 2.82. The van der Waals surface area contributed by atoms with Gasteiger partial charge in [-0.2, -0.15) is 0 Å². The highest BCUT2D eigenvalue weighted by molar-refractivity contribution is 6.10. The van der Waals surface area contributed by atoms with Crippen molar-refractivity contribution in [3.63, 3.8) is 0 Å². The number of rotatable bonds is 4. The number of para-hydroxylation sites is 1. The average molecular weight is 372 g/mol. The molecule has 140 valence electrons. The van der Waals surface area contributed by atoms with Crippen molar-refractivity contribution in [1.82, 2.24) is 14.8 Å². The molecule has 1 aromatic carbocycles. The summed E-state index contributed by atoms with van der Waals surface area (Å²) in [6.45, 7) is 1.97. The zero-order valence-corrected chi connectivity index (χ0v) is 15.5. The normalized spacial score (nSPS) is 20.6. The highest BCUT2D eigenvalue weighted by Gasteiger charge is 2.43. The Labute approximate surface area is 162 Å². The minimum atomic E-state index is -0.148. The van der Waals surface area contributed by atoms with Crippen LogP contribution in [0, 0.1) is 6.92 Å². The average Bonchev–Trinajstić information content (AvgIpc) is 3.43. The van der Waals surface area contributed by atoms with Gasteiger partial charge in [-0.25, -0.2) is 4.68 Å². The molecule has 3 aromatic rings. The number of amides is 1. The van der Waals surface area contributed by atoms with E-state index in [1.807, 2.05) is 60.1 Å². The van der Waals surface area contributed by atoms with E-state index in [1.165, 1.54) is 0 Å².